The average Bonchev–Trinajstić information content (AvgIpc) is 2.85. The lowest BCUT2D eigenvalue weighted by atomic mass is 10.2. The van der Waals surface area contributed by atoms with Gasteiger partial charge in [-0.25, -0.2) is 9.48 Å². The molecule has 1 aromatic carbocycles. The Morgan fingerprint density at radius 3 is 2.48 bits per heavy atom. The summed E-state index contributed by atoms with van der Waals surface area (Å²) in [4.78, 5) is 11.8. The topological polar surface area (TPSA) is 53.4 Å². The molecule has 0 atom stereocenters. The number of nitrogens with zero attached hydrogens (tertiary/aromatic N) is 2. The van der Waals surface area contributed by atoms with Gasteiger partial charge in [0.1, 0.15) is 5.56 Å². The van der Waals surface area contributed by atoms with E-state index < -0.39 is 12.6 Å². The molecule has 23 heavy (non-hydrogen) atoms. The molecule has 0 saturated heterocycles. The fraction of sp³-hybridized carbons (Fsp3) is 0.286. The quantitative estimate of drug-likeness (QED) is 0.626. The van der Waals surface area contributed by atoms with E-state index in [1.807, 2.05) is 0 Å². The minimum atomic E-state index is -2.93. The maximum atomic E-state index is 12.4. The van der Waals surface area contributed by atoms with Crippen molar-refractivity contribution >= 4 is 37.8 Å². The zero-order valence-electron chi connectivity index (χ0n) is 12.1. The number of esters is 1. The second-order valence-electron chi connectivity index (χ2n) is 4.41. The molecule has 0 radical (unpaired) electrons. The first-order chi connectivity index (χ1) is 10.8. The van der Waals surface area contributed by atoms with Gasteiger partial charge in [-0.15, -0.1) is 0 Å². The Labute approximate surface area is 147 Å². The smallest absolute Gasteiger partial charge is 0.387 e. The summed E-state index contributed by atoms with van der Waals surface area (Å²) in [5.74, 6) is -0.481. The number of ether oxygens (including phenoxy) is 2. The predicted octanol–water partition coefficient (Wildman–Crippen LogP) is 4.48. The van der Waals surface area contributed by atoms with E-state index in [1.165, 1.54) is 10.9 Å². The van der Waals surface area contributed by atoms with Crippen LogP contribution in [0.25, 0.3) is 5.69 Å². The summed E-state index contributed by atoms with van der Waals surface area (Å²) in [5, 5.41) is 4.24. The monoisotopic (exact) mass is 452 g/mol. The van der Waals surface area contributed by atoms with Crippen LogP contribution in [0, 0.1) is 6.92 Å². The Morgan fingerprint density at radius 2 is 1.96 bits per heavy atom. The summed E-state index contributed by atoms with van der Waals surface area (Å²) in [6.45, 7) is 0.727. The fourth-order valence-electron chi connectivity index (χ4n) is 1.88. The Kier molecular flexibility index (Phi) is 5.74. The van der Waals surface area contributed by atoms with E-state index in [2.05, 4.69) is 41.7 Å². The second-order valence-corrected chi connectivity index (χ2v) is 6.12. The van der Waals surface area contributed by atoms with Crippen LogP contribution in [0.4, 0.5) is 8.78 Å². The summed E-state index contributed by atoms with van der Waals surface area (Å²) in [5.41, 5.74) is 1.40. The molecule has 5 nitrogen and oxygen atoms in total. The molecule has 0 aliphatic heterocycles. The van der Waals surface area contributed by atoms with Crippen LogP contribution in [0.3, 0.4) is 0 Å². The highest BCUT2D eigenvalue weighted by molar-refractivity contribution is 9.11. The van der Waals surface area contributed by atoms with Gasteiger partial charge in [-0.3, -0.25) is 0 Å². The van der Waals surface area contributed by atoms with Crippen molar-refractivity contribution in [2.24, 2.45) is 0 Å². The standard InChI is InChI=1S/C14H12Br2F2N2O3/c1-3-22-13(21)9-6-20(19-7(9)2)8-4-10(15)12(11(16)5-8)23-14(17)18/h4-6,14H,3H2,1-2H3. The number of hydrogen-bond acceptors (Lipinski definition) is 4. The molecule has 0 N–H and O–H groups in total. The zero-order valence-corrected chi connectivity index (χ0v) is 15.3. The summed E-state index contributed by atoms with van der Waals surface area (Å²) >= 11 is 6.36. The zero-order chi connectivity index (χ0) is 17.1. The van der Waals surface area contributed by atoms with Crippen LogP contribution in [0.15, 0.2) is 27.3 Å². The normalized spacial score (nSPS) is 10.9. The molecule has 1 aromatic heterocycles. The molecule has 124 valence electrons. The first-order valence-corrected chi connectivity index (χ1v) is 8.09. The first-order valence-electron chi connectivity index (χ1n) is 6.51. The van der Waals surface area contributed by atoms with Gasteiger partial charge in [0.2, 0.25) is 0 Å². The van der Waals surface area contributed by atoms with Crippen LogP contribution in [-0.2, 0) is 4.74 Å². The van der Waals surface area contributed by atoms with E-state index in [4.69, 9.17) is 4.74 Å². The van der Waals surface area contributed by atoms with Crippen molar-refractivity contribution in [2.75, 3.05) is 6.61 Å². The van der Waals surface area contributed by atoms with Gasteiger partial charge in [-0.05, 0) is 57.8 Å². The Hall–Kier alpha value is -1.48. The van der Waals surface area contributed by atoms with E-state index in [-0.39, 0.29) is 12.4 Å². The number of aryl methyl sites for hydroxylation is 1. The molecule has 0 unspecified atom stereocenters. The van der Waals surface area contributed by atoms with E-state index >= 15 is 0 Å². The highest BCUT2D eigenvalue weighted by Gasteiger charge is 2.18. The summed E-state index contributed by atoms with van der Waals surface area (Å²) in [6.07, 6.45) is 1.52. The molecule has 0 bridgehead atoms. The lowest BCUT2D eigenvalue weighted by Crippen LogP contribution is -2.05. The first kappa shape index (κ1) is 17.9. The Balaban J connectivity index is 2.40. The van der Waals surface area contributed by atoms with Crippen LogP contribution < -0.4 is 4.74 Å². The summed E-state index contributed by atoms with van der Waals surface area (Å²) in [6, 6.07) is 3.12. The number of carbonyl (C=O) groups is 1. The number of hydrogen-bond donors (Lipinski definition) is 0. The third-order valence-corrected chi connectivity index (χ3v) is 4.03. The van der Waals surface area contributed by atoms with Crippen molar-refractivity contribution in [2.45, 2.75) is 20.5 Å². The highest BCUT2D eigenvalue weighted by atomic mass is 79.9. The molecule has 0 amide bonds. The van der Waals surface area contributed by atoms with Crippen LogP contribution in [0.2, 0.25) is 0 Å². The van der Waals surface area contributed by atoms with Gasteiger partial charge >= 0.3 is 12.6 Å². The van der Waals surface area contributed by atoms with Gasteiger partial charge in [0.25, 0.3) is 0 Å². The van der Waals surface area contributed by atoms with Crippen molar-refractivity contribution in [3.05, 3.63) is 38.5 Å². The largest absolute Gasteiger partial charge is 0.462 e. The van der Waals surface area contributed by atoms with Gasteiger partial charge in [0.15, 0.2) is 5.75 Å². The molecule has 0 aliphatic carbocycles. The van der Waals surface area contributed by atoms with E-state index in [9.17, 15) is 13.6 Å². The Bertz CT molecular complexity index is 712. The average molecular weight is 454 g/mol. The number of benzene rings is 1. The minimum Gasteiger partial charge on any atom is -0.462 e. The molecule has 0 saturated carbocycles. The third-order valence-electron chi connectivity index (χ3n) is 2.85. The predicted molar refractivity (Wildman–Crippen MR) is 86.3 cm³/mol. The van der Waals surface area contributed by atoms with Gasteiger partial charge in [0.05, 0.1) is 26.9 Å². The van der Waals surface area contributed by atoms with Crippen molar-refractivity contribution in [3.63, 3.8) is 0 Å². The lowest BCUT2D eigenvalue weighted by molar-refractivity contribution is -0.0508. The molecular formula is C14H12Br2F2N2O3. The molecule has 2 rings (SSSR count). The number of halogens is 4. The molecule has 0 aliphatic rings. The van der Waals surface area contributed by atoms with E-state index in [0.29, 0.717) is 25.9 Å². The minimum absolute atomic E-state index is 0.0155. The number of rotatable bonds is 5. The molecule has 0 spiro atoms. The van der Waals surface area contributed by atoms with Gasteiger partial charge in [0, 0.05) is 6.20 Å². The van der Waals surface area contributed by atoms with Gasteiger partial charge in [-0.1, -0.05) is 0 Å². The van der Waals surface area contributed by atoms with Crippen LogP contribution in [0.1, 0.15) is 23.0 Å². The van der Waals surface area contributed by atoms with Crippen molar-refractivity contribution in [3.8, 4) is 11.4 Å². The molecule has 2 aromatic rings. The fourth-order valence-corrected chi connectivity index (χ4v) is 3.23. The molecule has 9 heteroatoms. The van der Waals surface area contributed by atoms with E-state index in [1.54, 1.807) is 26.0 Å². The second kappa shape index (κ2) is 7.39. The number of alkyl halides is 2. The van der Waals surface area contributed by atoms with Crippen molar-refractivity contribution in [1.29, 1.82) is 0 Å². The lowest BCUT2D eigenvalue weighted by Gasteiger charge is -2.11. The Morgan fingerprint density at radius 1 is 1.35 bits per heavy atom. The van der Waals surface area contributed by atoms with Crippen molar-refractivity contribution < 1.29 is 23.0 Å². The van der Waals surface area contributed by atoms with Gasteiger partial charge in [-0.2, -0.15) is 13.9 Å². The summed E-state index contributed by atoms with van der Waals surface area (Å²) in [7, 11) is 0. The molecular weight excluding hydrogens is 442 g/mol. The van der Waals surface area contributed by atoms with Crippen molar-refractivity contribution in [1.82, 2.24) is 9.78 Å². The van der Waals surface area contributed by atoms with Gasteiger partial charge < -0.3 is 9.47 Å². The van der Waals surface area contributed by atoms with Crippen LogP contribution in [-0.4, -0.2) is 29.0 Å². The number of carbonyl (C=O) groups excluding carboxylic acids is 1. The van der Waals surface area contributed by atoms with Crippen LogP contribution in [0.5, 0.6) is 5.75 Å². The summed E-state index contributed by atoms with van der Waals surface area (Å²) < 4.78 is 36.3. The maximum Gasteiger partial charge on any atom is 0.387 e. The maximum absolute atomic E-state index is 12.4. The third kappa shape index (κ3) is 4.08. The van der Waals surface area contributed by atoms with E-state index in [0.717, 1.165) is 0 Å². The molecule has 0 fully saturated rings. The highest BCUT2D eigenvalue weighted by Crippen LogP contribution is 2.36. The number of aromatic nitrogens is 2. The molecule has 1 heterocycles. The van der Waals surface area contributed by atoms with Crippen LogP contribution >= 0.6 is 31.9 Å². The SMILES string of the molecule is CCOC(=O)c1cn(-c2cc(Br)c(OC(F)F)c(Br)c2)nc1C.